The number of nitrogens with zero attached hydrogens (tertiary/aromatic N) is 3. The number of aryl methyl sites for hydroxylation is 1. The second-order valence-electron chi connectivity index (χ2n) is 9.87. The molecule has 1 N–H and O–H groups in total. The number of halogens is 1. The first-order valence-corrected chi connectivity index (χ1v) is 13.8. The first kappa shape index (κ1) is 24.7. The minimum absolute atomic E-state index is 0.00522. The van der Waals surface area contributed by atoms with E-state index in [9.17, 15) is 18.8 Å². The lowest BCUT2D eigenvalue weighted by Crippen LogP contribution is -2.46. The van der Waals surface area contributed by atoms with Crippen LogP contribution in [-0.2, 0) is 11.2 Å². The summed E-state index contributed by atoms with van der Waals surface area (Å²) in [7, 11) is 0. The van der Waals surface area contributed by atoms with Gasteiger partial charge in [-0.2, -0.15) is 11.8 Å². The summed E-state index contributed by atoms with van der Waals surface area (Å²) in [4.78, 5) is 43.9. The van der Waals surface area contributed by atoms with Crippen molar-refractivity contribution < 1.29 is 9.18 Å². The summed E-state index contributed by atoms with van der Waals surface area (Å²) in [6.07, 6.45) is 5.58. The second kappa shape index (κ2) is 10.6. The van der Waals surface area contributed by atoms with Crippen molar-refractivity contribution in [3.05, 3.63) is 74.3 Å². The van der Waals surface area contributed by atoms with Gasteiger partial charge in [0.1, 0.15) is 11.5 Å². The van der Waals surface area contributed by atoms with Crippen LogP contribution < -0.4 is 16.6 Å². The van der Waals surface area contributed by atoms with Crippen LogP contribution in [0.4, 0.5) is 4.39 Å². The molecule has 2 aliphatic rings. The van der Waals surface area contributed by atoms with Gasteiger partial charge in [-0.15, -0.1) is 0 Å². The van der Waals surface area contributed by atoms with E-state index in [1.54, 1.807) is 4.57 Å². The molecule has 9 heteroatoms. The van der Waals surface area contributed by atoms with Crippen molar-refractivity contribution in [1.29, 1.82) is 0 Å². The highest BCUT2D eigenvalue weighted by Gasteiger charge is 2.29. The number of hydrogen-bond donors (Lipinski definition) is 1. The summed E-state index contributed by atoms with van der Waals surface area (Å²) in [5, 5.41) is 3.28. The number of hydrogen-bond acceptors (Lipinski definition) is 5. The largest absolute Gasteiger partial charge is 0.353 e. The number of fused-ring (bicyclic) bond motifs is 1. The highest BCUT2D eigenvalue weighted by Crippen LogP contribution is 2.30. The first-order chi connectivity index (χ1) is 17.4. The number of thioether (sulfide) groups is 1. The van der Waals surface area contributed by atoms with Gasteiger partial charge in [-0.3, -0.25) is 18.7 Å². The van der Waals surface area contributed by atoms with Crippen LogP contribution in [0.25, 0.3) is 11.0 Å². The predicted octanol–water partition coefficient (Wildman–Crippen LogP) is 3.92. The maximum Gasteiger partial charge on any atom is 0.333 e. The van der Waals surface area contributed by atoms with Crippen molar-refractivity contribution in [1.82, 2.24) is 19.4 Å². The van der Waals surface area contributed by atoms with Gasteiger partial charge in [0.2, 0.25) is 5.91 Å². The van der Waals surface area contributed by atoms with E-state index in [0.29, 0.717) is 32.1 Å². The Morgan fingerprint density at radius 1 is 1.06 bits per heavy atom. The number of carbonyl (C=O) groups excluding carboxylic acids is 1. The number of carbonyl (C=O) groups is 1. The smallest absolute Gasteiger partial charge is 0.333 e. The summed E-state index contributed by atoms with van der Waals surface area (Å²) in [6.45, 7) is 2.00. The maximum atomic E-state index is 14.1. The monoisotopic (exact) mass is 510 g/mol. The lowest BCUT2D eigenvalue weighted by Gasteiger charge is -2.31. The third-order valence-electron chi connectivity index (χ3n) is 7.52. The molecule has 190 valence electrons. The summed E-state index contributed by atoms with van der Waals surface area (Å²) in [5.41, 5.74) is 1.54. The molecule has 7 nitrogen and oxygen atoms in total. The Kier molecular flexibility index (Phi) is 7.27. The molecule has 0 bridgehead atoms. The van der Waals surface area contributed by atoms with Crippen molar-refractivity contribution >= 4 is 28.7 Å². The van der Waals surface area contributed by atoms with E-state index >= 15 is 0 Å². The molecule has 0 unspecified atom stereocenters. The van der Waals surface area contributed by atoms with Crippen molar-refractivity contribution in [2.75, 3.05) is 11.5 Å². The SMILES string of the molecule is Cc1ccccc1CC(=O)NC1CCC(n2c(=O)c3cc(F)cnc3n(C3CCSCC3)c2=O)CC1. The summed E-state index contributed by atoms with van der Waals surface area (Å²) >= 11 is 1.85. The third-order valence-corrected chi connectivity index (χ3v) is 8.57. The van der Waals surface area contributed by atoms with Crippen LogP contribution in [0.5, 0.6) is 0 Å². The molecule has 1 aromatic carbocycles. The normalized spacial score (nSPS) is 20.9. The van der Waals surface area contributed by atoms with Crippen molar-refractivity contribution in [2.45, 2.75) is 70.0 Å². The summed E-state index contributed by atoms with van der Waals surface area (Å²) < 4.78 is 17.0. The van der Waals surface area contributed by atoms with Gasteiger partial charge >= 0.3 is 5.69 Å². The molecule has 5 rings (SSSR count). The Bertz CT molecular complexity index is 1390. The summed E-state index contributed by atoms with van der Waals surface area (Å²) in [5.74, 6) is 1.27. The van der Waals surface area contributed by atoms with Gasteiger partial charge in [-0.05, 0) is 74.1 Å². The minimum atomic E-state index is -0.587. The number of benzene rings is 1. The van der Waals surface area contributed by atoms with Crippen LogP contribution in [0.3, 0.4) is 0 Å². The Morgan fingerprint density at radius 3 is 2.47 bits per heavy atom. The zero-order valence-electron chi connectivity index (χ0n) is 20.4. The van der Waals surface area contributed by atoms with Crippen LogP contribution in [0.15, 0.2) is 46.1 Å². The fourth-order valence-electron chi connectivity index (χ4n) is 5.54. The molecule has 1 aliphatic carbocycles. The van der Waals surface area contributed by atoms with E-state index in [1.165, 1.54) is 10.6 Å². The van der Waals surface area contributed by atoms with Crippen LogP contribution >= 0.6 is 11.8 Å². The van der Waals surface area contributed by atoms with Crippen molar-refractivity contribution in [3.63, 3.8) is 0 Å². The molecule has 1 saturated carbocycles. The minimum Gasteiger partial charge on any atom is -0.353 e. The van der Waals surface area contributed by atoms with E-state index in [-0.39, 0.29) is 40.8 Å². The third kappa shape index (κ3) is 4.98. The Hall–Kier alpha value is -2.94. The van der Waals surface area contributed by atoms with Crippen molar-refractivity contribution in [2.24, 2.45) is 0 Å². The molecule has 1 saturated heterocycles. The average molecular weight is 511 g/mol. The topological polar surface area (TPSA) is 86.0 Å². The highest BCUT2D eigenvalue weighted by molar-refractivity contribution is 7.99. The van der Waals surface area contributed by atoms with Crippen LogP contribution in [0.2, 0.25) is 0 Å². The zero-order chi connectivity index (χ0) is 25.2. The van der Waals surface area contributed by atoms with Crippen LogP contribution in [0.1, 0.15) is 61.7 Å². The molecule has 2 aromatic heterocycles. The van der Waals surface area contributed by atoms with E-state index < -0.39 is 11.4 Å². The Morgan fingerprint density at radius 2 is 1.75 bits per heavy atom. The number of amides is 1. The molecular weight excluding hydrogens is 479 g/mol. The summed E-state index contributed by atoms with van der Waals surface area (Å²) in [6, 6.07) is 8.72. The van der Waals surface area contributed by atoms with E-state index in [4.69, 9.17) is 0 Å². The first-order valence-electron chi connectivity index (χ1n) is 12.7. The molecule has 2 fully saturated rings. The quantitative estimate of drug-likeness (QED) is 0.562. The molecule has 0 radical (unpaired) electrons. The van der Waals surface area contributed by atoms with Gasteiger partial charge in [0.25, 0.3) is 5.56 Å². The molecule has 3 heterocycles. The van der Waals surface area contributed by atoms with Gasteiger partial charge < -0.3 is 5.32 Å². The predicted molar refractivity (Wildman–Crippen MR) is 140 cm³/mol. The fourth-order valence-corrected chi connectivity index (χ4v) is 6.62. The average Bonchev–Trinajstić information content (AvgIpc) is 2.88. The Labute approximate surface area is 213 Å². The molecule has 0 atom stereocenters. The van der Waals surface area contributed by atoms with Gasteiger partial charge in [-0.1, -0.05) is 24.3 Å². The number of aromatic nitrogens is 3. The standard InChI is InChI=1S/C27H31FN4O3S/c1-17-4-2-3-5-18(17)14-24(33)30-20-6-8-21(9-7-20)32-26(34)23-15-19(28)16-29-25(23)31(27(32)35)22-10-12-36-13-11-22/h2-5,15-16,20-22H,6-14H2,1H3,(H,30,33). The van der Waals surface area contributed by atoms with E-state index in [0.717, 1.165) is 41.7 Å². The van der Waals surface area contributed by atoms with Crippen LogP contribution in [-0.4, -0.2) is 37.6 Å². The lowest BCUT2D eigenvalue weighted by atomic mass is 9.90. The van der Waals surface area contributed by atoms with Crippen LogP contribution in [0, 0.1) is 12.7 Å². The Balaban J connectivity index is 1.37. The maximum absolute atomic E-state index is 14.1. The lowest BCUT2D eigenvalue weighted by molar-refractivity contribution is -0.121. The molecule has 1 aliphatic heterocycles. The van der Waals surface area contributed by atoms with Gasteiger partial charge in [-0.25, -0.2) is 14.2 Å². The highest BCUT2D eigenvalue weighted by atomic mass is 32.2. The van der Waals surface area contributed by atoms with Crippen molar-refractivity contribution in [3.8, 4) is 0 Å². The van der Waals surface area contributed by atoms with E-state index in [2.05, 4.69) is 10.3 Å². The molecule has 36 heavy (non-hydrogen) atoms. The van der Waals surface area contributed by atoms with E-state index in [1.807, 2.05) is 43.0 Å². The van der Waals surface area contributed by atoms with Gasteiger partial charge in [0.15, 0.2) is 0 Å². The van der Waals surface area contributed by atoms with Gasteiger partial charge in [0, 0.05) is 18.1 Å². The second-order valence-corrected chi connectivity index (χ2v) is 11.1. The number of rotatable bonds is 5. The number of nitrogens with one attached hydrogen (secondary N) is 1. The zero-order valence-corrected chi connectivity index (χ0v) is 21.2. The number of pyridine rings is 1. The molecule has 0 spiro atoms. The molecule has 1 amide bonds. The molecular formula is C27H31FN4O3S. The molecule has 3 aromatic rings. The fraction of sp³-hybridized carbons (Fsp3) is 0.481. The van der Waals surface area contributed by atoms with Gasteiger partial charge in [0.05, 0.1) is 18.0 Å².